The van der Waals surface area contributed by atoms with Crippen LogP contribution in [0, 0.1) is 0 Å². The molecule has 0 atom stereocenters. The molecule has 278 valence electrons. The van der Waals surface area contributed by atoms with Crippen LogP contribution in [0.3, 0.4) is 0 Å². The Hall–Kier alpha value is -5.42. The molecule has 1 aromatic heterocycles. The van der Waals surface area contributed by atoms with Gasteiger partial charge in [0.15, 0.2) is 0 Å². The van der Waals surface area contributed by atoms with Crippen LogP contribution < -0.4 is 9.47 Å². The van der Waals surface area contributed by atoms with E-state index < -0.39 is 38.7 Å². The van der Waals surface area contributed by atoms with Crippen LogP contribution in [-0.4, -0.2) is 78.1 Å². The van der Waals surface area contributed by atoms with Gasteiger partial charge in [0.05, 0.1) is 36.0 Å². The number of allylic oxidation sites excluding steroid dienone is 1. The van der Waals surface area contributed by atoms with E-state index >= 15 is 8.63 Å². The van der Waals surface area contributed by atoms with Crippen molar-refractivity contribution in [3.8, 4) is 33.9 Å². The smallest absolute Gasteiger partial charge is 0.494 e. The Morgan fingerprint density at radius 3 is 1.69 bits per heavy atom. The van der Waals surface area contributed by atoms with Gasteiger partial charge < -0.3 is 27.1 Å². The second-order valence-electron chi connectivity index (χ2n) is 12.7. The fraction of sp³-hybridized carbons (Fsp3) is 0.158. The number of ether oxygens (including phenoxy) is 2. The maximum absolute atomic E-state index is 17.6. The zero-order valence-corrected chi connectivity index (χ0v) is 30.3. The summed E-state index contributed by atoms with van der Waals surface area (Å²) >= 11 is 0. The van der Waals surface area contributed by atoms with Crippen LogP contribution in [0.15, 0.2) is 126 Å². The van der Waals surface area contributed by atoms with E-state index in [0.29, 0.717) is 44.9 Å². The van der Waals surface area contributed by atoms with Gasteiger partial charge in [0.1, 0.15) is 11.5 Å². The van der Waals surface area contributed by atoms with Crippen LogP contribution in [0.25, 0.3) is 28.0 Å². The van der Waals surface area contributed by atoms with Crippen molar-refractivity contribution < 1.29 is 48.5 Å². The number of fused-ring (bicyclic) bond motifs is 2. The molecule has 0 radical (unpaired) electrons. The van der Waals surface area contributed by atoms with E-state index in [1.54, 1.807) is 60.7 Å². The molecule has 0 spiro atoms. The normalized spacial score (nSPS) is 15.0. The van der Waals surface area contributed by atoms with Crippen molar-refractivity contribution in [2.24, 2.45) is 4.99 Å². The van der Waals surface area contributed by atoms with Gasteiger partial charge in [-0.3, -0.25) is 9.11 Å². The molecule has 0 aliphatic carbocycles. The summed E-state index contributed by atoms with van der Waals surface area (Å²) in [7, 11) is -8.24. The lowest BCUT2D eigenvalue weighted by atomic mass is 9.90. The van der Waals surface area contributed by atoms with E-state index in [1.807, 2.05) is 60.7 Å². The lowest BCUT2D eigenvalue weighted by molar-refractivity contribution is -0.291. The lowest BCUT2D eigenvalue weighted by Gasteiger charge is -2.32. The Morgan fingerprint density at radius 2 is 1.17 bits per heavy atom. The molecule has 0 bridgehead atoms. The Kier molecular flexibility index (Phi) is 10.1. The van der Waals surface area contributed by atoms with Crippen LogP contribution in [0.4, 0.5) is 14.4 Å². The molecule has 3 heterocycles. The molecular weight excluding hydrogens is 739 g/mol. The largest absolute Gasteiger partial charge is 0.642 e. The predicted molar refractivity (Wildman–Crippen MR) is 204 cm³/mol. The fourth-order valence-corrected chi connectivity index (χ4v) is 7.48. The molecular formula is C38H34BF2N3O8S2. The molecule has 0 fully saturated rings. The Labute approximate surface area is 311 Å². The summed E-state index contributed by atoms with van der Waals surface area (Å²) in [5, 5.41) is 0. The number of nitrogens with zero attached hydrogens (tertiary/aromatic N) is 3. The van der Waals surface area contributed by atoms with Gasteiger partial charge in [0, 0.05) is 16.8 Å². The van der Waals surface area contributed by atoms with Crippen molar-refractivity contribution >= 4 is 50.1 Å². The summed E-state index contributed by atoms with van der Waals surface area (Å²) in [6.45, 7) is -4.54. The third kappa shape index (κ3) is 7.92. The lowest BCUT2D eigenvalue weighted by Crippen LogP contribution is -2.53. The maximum Gasteiger partial charge on any atom is 0.642 e. The van der Waals surface area contributed by atoms with E-state index in [9.17, 15) is 16.8 Å². The molecule has 5 aromatic rings. The first-order valence-electron chi connectivity index (χ1n) is 17.0. The van der Waals surface area contributed by atoms with Crippen molar-refractivity contribution in [1.82, 2.24) is 4.48 Å². The molecule has 7 rings (SSSR count). The van der Waals surface area contributed by atoms with Gasteiger partial charge in [0.25, 0.3) is 26.1 Å². The van der Waals surface area contributed by atoms with E-state index in [-0.39, 0.29) is 49.1 Å². The zero-order valence-electron chi connectivity index (χ0n) is 28.6. The quantitative estimate of drug-likeness (QED) is 0.0697. The highest BCUT2D eigenvalue weighted by Gasteiger charge is 2.53. The van der Waals surface area contributed by atoms with Gasteiger partial charge >= 0.3 is 6.97 Å². The van der Waals surface area contributed by atoms with E-state index in [1.165, 1.54) is 0 Å². The number of benzene rings is 4. The predicted octanol–water partition coefficient (Wildman–Crippen LogP) is 7.00. The van der Waals surface area contributed by atoms with Crippen molar-refractivity contribution in [3.63, 3.8) is 0 Å². The van der Waals surface area contributed by atoms with Crippen LogP contribution in [0.2, 0.25) is 0 Å². The number of halogens is 2. The third-order valence-electron chi connectivity index (χ3n) is 8.95. The first kappa shape index (κ1) is 36.9. The Morgan fingerprint density at radius 1 is 0.667 bits per heavy atom. The first-order valence-corrected chi connectivity index (χ1v) is 20.2. The third-order valence-corrected chi connectivity index (χ3v) is 10.6. The summed E-state index contributed by atoms with van der Waals surface area (Å²) in [4.78, 5) is 5.00. The molecule has 54 heavy (non-hydrogen) atoms. The average Bonchev–Trinajstić information content (AvgIpc) is 3.74. The van der Waals surface area contributed by atoms with Gasteiger partial charge in [-0.15, -0.1) is 0 Å². The van der Waals surface area contributed by atoms with E-state index in [4.69, 9.17) is 23.6 Å². The molecule has 0 saturated carbocycles. The standard InChI is InChI=1S/C38H34BF2N3O8S2/c40-39(41)43-35(29-13-17-31(18-14-29)51-21-7-23-53(45,46)47)25-33(27-9-3-1-4-10-27)37(43)42-38-34(28-11-5-2-6-12-28)26-36(44(38)39)30-15-19-32(20-16-30)52-22-8-24-54(48,49)50/h1-6,9-20,25-26H,7-8,21-24H2,(H,45,46,47)(H,48,49,50). The fourth-order valence-electron chi connectivity index (χ4n) is 6.51. The summed E-state index contributed by atoms with van der Waals surface area (Å²) in [6, 6.07) is 33.1. The molecule has 2 aliphatic heterocycles. The second-order valence-corrected chi connectivity index (χ2v) is 15.9. The second kappa shape index (κ2) is 14.8. The topological polar surface area (TPSA) is 148 Å². The summed E-state index contributed by atoms with van der Waals surface area (Å²) in [5.74, 6) is 0.0924. The molecule has 0 saturated heterocycles. The van der Waals surface area contributed by atoms with Crippen LogP contribution in [-0.2, 0) is 20.2 Å². The van der Waals surface area contributed by atoms with Gasteiger partial charge in [0.2, 0.25) is 5.82 Å². The molecule has 16 heteroatoms. The summed E-state index contributed by atoms with van der Waals surface area (Å²) in [6.07, 6.45) is 1.85. The van der Waals surface area contributed by atoms with Crippen LogP contribution in [0.5, 0.6) is 11.5 Å². The maximum atomic E-state index is 17.6. The number of amidine groups is 1. The molecule has 4 aromatic carbocycles. The number of aromatic nitrogens is 1. The monoisotopic (exact) mass is 773 g/mol. The Balaban J connectivity index is 1.31. The Bertz CT molecular complexity index is 2510. The SMILES string of the molecule is O=S(=O)(O)CCCOc1ccc(C2=[N+]3C(=Nc4c(-c5ccccc5)cc(-c5ccc(OCCCS(=O)(=O)O)cc5)n4[B-]3(F)F)C(c3ccccc3)=C2)cc1. The molecule has 0 amide bonds. The summed E-state index contributed by atoms with van der Waals surface area (Å²) in [5.41, 5.74) is 3.81. The average molecular weight is 774 g/mol. The molecule has 11 nitrogen and oxygen atoms in total. The van der Waals surface area contributed by atoms with Gasteiger partial charge in [-0.1, -0.05) is 60.7 Å². The van der Waals surface area contributed by atoms with Gasteiger partial charge in [-0.25, -0.2) is 0 Å². The minimum absolute atomic E-state index is 0.0297. The number of hydrogen-bond acceptors (Lipinski definition) is 7. The zero-order chi connectivity index (χ0) is 38.1. The minimum Gasteiger partial charge on any atom is -0.494 e. The van der Waals surface area contributed by atoms with Crippen molar-refractivity contribution in [2.45, 2.75) is 12.8 Å². The summed E-state index contributed by atoms with van der Waals surface area (Å²) < 4.78 is 111. The van der Waals surface area contributed by atoms with Gasteiger partial charge in [-0.2, -0.15) is 16.8 Å². The van der Waals surface area contributed by atoms with Crippen molar-refractivity contribution in [3.05, 3.63) is 132 Å². The number of aliphatic imine (C=N–C) groups is 1. The van der Waals surface area contributed by atoms with Crippen molar-refractivity contribution in [2.75, 3.05) is 24.7 Å². The molecule has 0 unspecified atom stereocenters. The van der Waals surface area contributed by atoms with Crippen molar-refractivity contribution in [1.29, 1.82) is 0 Å². The molecule has 2 N–H and O–H groups in total. The highest BCUT2D eigenvalue weighted by molar-refractivity contribution is 7.86. The highest BCUT2D eigenvalue weighted by atomic mass is 32.2. The van der Waals surface area contributed by atoms with E-state index in [0.717, 1.165) is 8.96 Å². The van der Waals surface area contributed by atoms with Gasteiger partial charge in [-0.05, 0) is 95.2 Å². The van der Waals surface area contributed by atoms with Crippen LogP contribution in [0.1, 0.15) is 24.0 Å². The van der Waals surface area contributed by atoms with E-state index in [2.05, 4.69) is 0 Å². The van der Waals surface area contributed by atoms with Crippen LogP contribution >= 0.6 is 0 Å². The molecule has 2 aliphatic rings. The minimum atomic E-state index is -4.60. The number of hydrogen-bond donors (Lipinski definition) is 2. The number of rotatable bonds is 14. The highest BCUT2D eigenvalue weighted by Crippen LogP contribution is 2.46. The first-order chi connectivity index (χ1) is 25.8.